The van der Waals surface area contributed by atoms with E-state index in [0.29, 0.717) is 6.61 Å². The summed E-state index contributed by atoms with van der Waals surface area (Å²) in [6.45, 7) is 10.6. The van der Waals surface area contributed by atoms with Crippen LogP contribution in [0.2, 0.25) is 0 Å². The lowest BCUT2D eigenvalue weighted by Crippen LogP contribution is -2.47. The minimum absolute atomic E-state index is 0. The quantitative estimate of drug-likeness (QED) is 0.298. The van der Waals surface area contributed by atoms with Crippen LogP contribution in [0.15, 0.2) is 29.3 Å². The second-order valence-electron chi connectivity index (χ2n) is 6.01. The molecule has 0 aromatic heterocycles. The van der Waals surface area contributed by atoms with E-state index in [4.69, 9.17) is 9.47 Å². The third-order valence-corrected chi connectivity index (χ3v) is 2.74. The Balaban J connectivity index is 0.00000484. The minimum atomic E-state index is 0. The molecule has 0 fully saturated rings. The fourth-order valence-electron chi connectivity index (χ4n) is 1.78. The predicted molar refractivity (Wildman–Crippen MR) is 107 cm³/mol. The van der Waals surface area contributed by atoms with Gasteiger partial charge in [0, 0.05) is 25.0 Å². The molecule has 1 aromatic rings. The molecule has 1 aromatic carbocycles. The maximum atomic E-state index is 5.68. The maximum Gasteiger partial charge on any atom is 0.191 e. The van der Waals surface area contributed by atoms with Crippen molar-refractivity contribution < 1.29 is 9.47 Å². The number of nitrogens with zero attached hydrogens (tertiary/aromatic N) is 1. The predicted octanol–water partition coefficient (Wildman–Crippen LogP) is 3.44. The van der Waals surface area contributed by atoms with E-state index in [1.165, 1.54) is 0 Å². The van der Waals surface area contributed by atoms with Gasteiger partial charge in [0.2, 0.25) is 0 Å². The Bertz CT molecular complexity index is 456. The lowest BCUT2D eigenvalue weighted by atomic mass is 10.1. The molecule has 23 heavy (non-hydrogen) atoms. The molecule has 0 amide bonds. The van der Waals surface area contributed by atoms with E-state index in [9.17, 15) is 0 Å². The van der Waals surface area contributed by atoms with Gasteiger partial charge in [-0.05, 0) is 52.0 Å². The van der Waals surface area contributed by atoms with Crippen LogP contribution in [0.25, 0.3) is 0 Å². The van der Waals surface area contributed by atoms with Crippen molar-refractivity contribution in [2.75, 3.05) is 26.8 Å². The maximum absolute atomic E-state index is 5.68. The summed E-state index contributed by atoms with van der Waals surface area (Å²) in [5.74, 6) is 2.53. The lowest BCUT2D eigenvalue weighted by Gasteiger charge is -2.23. The Labute approximate surface area is 157 Å². The van der Waals surface area contributed by atoms with Crippen LogP contribution in [0.4, 0.5) is 0 Å². The van der Waals surface area contributed by atoms with Gasteiger partial charge >= 0.3 is 0 Å². The van der Waals surface area contributed by atoms with Crippen LogP contribution in [0.1, 0.15) is 34.1 Å². The summed E-state index contributed by atoms with van der Waals surface area (Å²) in [5, 5.41) is 6.61. The molecule has 0 aliphatic carbocycles. The Morgan fingerprint density at radius 1 is 1.13 bits per heavy atom. The molecule has 0 aliphatic heterocycles. The van der Waals surface area contributed by atoms with Crippen molar-refractivity contribution in [3.05, 3.63) is 24.3 Å². The number of hydrogen-bond acceptors (Lipinski definition) is 3. The molecule has 6 heteroatoms. The number of guanidine groups is 1. The van der Waals surface area contributed by atoms with E-state index in [1.807, 2.05) is 24.3 Å². The fraction of sp³-hybridized carbons (Fsp3) is 0.588. The van der Waals surface area contributed by atoms with Gasteiger partial charge in [0.05, 0.1) is 13.7 Å². The second kappa shape index (κ2) is 11.4. The van der Waals surface area contributed by atoms with E-state index in [-0.39, 0.29) is 29.5 Å². The monoisotopic (exact) mass is 435 g/mol. The molecule has 0 saturated carbocycles. The van der Waals surface area contributed by atoms with Crippen molar-refractivity contribution >= 4 is 29.9 Å². The van der Waals surface area contributed by atoms with Crippen molar-refractivity contribution in [1.29, 1.82) is 0 Å². The summed E-state index contributed by atoms with van der Waals surface area (Å²) in [4.78, 5) is 4.55. The molecule has 0 unspecified atom stereocenters. The first-order valence-electron chi connectivity index (χ1n) is 7.78. The summed E-state index contributed by atoms with van der Waals surface area (Å²) in [5.41, 5.74) is 0.000593. The molecule has 0 saturated heterocycles. The molecule has 2 N–H and O–H groups in total. The lowest BCUT2D eigenvalue weighted by molar-refractivity contribution is 0.312. The molecular formula is C17H30IN3O2. The van der Waals surface area contributed by atoms with Gasteiger partial charge in [-0.1, -0.05) is 0 Å². The van der Waals surface area contributed by atoms with Gasteiger partial charge in [-0.25, -0.2) is 0 Å². The number of rotatable bonds is 7. The van der Waals surface area contributed by atoms with Crippen molar-refractivity contribution in [3.8, 4) is 11.5 Å². The number of nitrogens with one attached hydrogen (secondary N) is 2. The van der Waals surface area contributed by atoms with Crippen LogP contribution in [0, 0.1) is 0 Å². The Kier molecular flexibility index (Phi) is 10.8. The largest absolute Gasteiger partial charge is 0.497 e. The smallest absolute Gasteiger partial charge is 0.191 e. The zero-order valence-corrected chi connectivity index (χ0v) is 17.1. The number of aliphatic imine (C=N–C) groups is 1. The summed E-state index contributed by atoms with van der Waals surface area (Å²) < 4.78 is 10.8. The topological polar surface area (TPSA) is 54.9 Å². The Morgan fingerprint density at radius 3 is 2.26 bits per heavy atom. The first kappa shape index (κ1) is 21.8. The van der Waals surface area contributed by atoms with Crippen LogP contribution in [-0.4, -0.2) is 38.3 Å². The highest BCUT2D eigenvalue weighted by molar-refractivity contribution is 14.0. The standard InChI is InChI=1S/C17H29N3O2.HI/c1-6-18-16(20-17(2,3)4)19-12-7-13-22-15-10-8-14(21-5)9-11-15;/h8-11H,6-7,12-13H2,1-5H3,(H2,18,19,20);1H. The van der Waals surface area contributed by atoms with Crippen molar-refractivity contribution in [1.82, 2.24) is 10.6 Å². The average Bonchev–Trinajstić information content (AvgIpc) is 2.46. The SMILES string of the molecule is CCNC(=NCCCOc1ccc(OC)cc1)NC(C)(C)C.I. The number of methoxy groups -OCH3 is 1. The van der Waals surface area contributed by atoms with Crippen LogP contribution in [0.3, 0.4) is 0 Å². The molecule has 0 spiro atoms. The van der Waals surface area contributed by atoms with E-state index < -0.39 is 0 Å². The zero-order chi connectivity index (χ0) is 16.4. The van der Waals surface area contributed by atoms with Gasteiger partial charge in [-0.15, -0.1) is 24.0 Å². The third-order valence-electron chi connectivity index (χ3n) is 2.74. The summed E-state index contributed by atoms with van der Waals surface area (Å²) in [6, 6.07) is 7.61. The van der Waals surface area contributed by atoms with E-state index in [1.54, 1.807) is 7.11 Å². The molecule has 1 rings (SSSR count). The van der Waals surface area contributed by atoms with Crippen LogP contribution in [-0.2, 0) is 0 Å². The minimum Gasteiger partial charge on any atom is -0.497 e. The van der Waals surface area contributed by atoms with Crippen LogP contribution >= 0.6 is 24.0 Å². The fourth-order valence-corrected chi connectivity index (χ4v) is 1.78. The summed E-state index contributed by atoms with van der Waals surface area (Å²) in [7, 11) is 1.65. The highest BCUT2D eigenvalue weighted by Crippen LogP contribution is 2.16. The highest BCUT2D eigenvalue weighted by Gasteiger charge is 2.11. The second-order valence-corrected chi connectivity index (χ2v) is 6.01. The van der Waals surface area contributed by atoms with E-state index in [2.05, 4.69) is 43.3 Å². The molecule has 132 valence electrons. The molecule has 0 aliphatic rings. The van der Waals surface area contributed by atoms with Gasteiger partial charge in [-0.2, -0.15) is 0 Å². The van der Waals surface area contributed by atoms with Gasteiger partial charge in [0.25, 0.3) is 0 Å². The third kappa shape index (κ3) is 10.3. The first-order chi connectivity index (χ1) is 10.4. The number of hydrogen-bond donors (Lipinski definition) is 2. The molecule has 0 heterocycles. The summed E-state index contributed by atoms with van der Waals surface area (Å²) >= 11 is 0. The first-order valence-corrected chi connectivity index (χ1v) is 7.78. The molecule has 5 nitrogen and oxygen atoms in total. The van der Waals surface area contributed by atoms with Crippen LogP contribution < -0.4 is 20.1 Å². The van der Waals surface area contributed by atoms with Crippen molar-refractivity contribution in [3.63, 3.8) is 0 Å². The number of ether oxygens (including phenoxy) is 2. The molecule has 0 atom stereocenters. The van der Waals surface area contributed by atoms with Crippen molar-refractivity contribution in [2.45, 2.75) is 39.7 Å². The van der Waals surface area contributed by atoms with Gasteiger partial charge in [0.1, 0.15) is 11.5 Å². The number of halogens is 1. The molecule has 0 radical (unpaired) electrons. The van der Waals surface area contributed by atoms with Crippen molar-refractivity contribution in [2.24, 2.45) is 4.99 Å². The highest BCUT2D eigenvalue weighted by atomic mass is 127. The van der Waals surface area contributed by atoms with Gasteiger partial charge in [-0.3, -0.25) is 4.99 Å². The average molecular weight is 435 g/mol. The number of benzene rings is 1. The molecular weight excluding hydrogens is 405 g/mol. The zero-order valence-electron chi connectivity index (χ0n) is 14.8. The van der Waals surface area contributed by atoms with E-state index >= 15 is 0 Å². The summed E-state index contributed by atoms with van der Waals surface area (Å²) in [6.07, 6.45) is 0.868. The Hall–Kier alpha value is -1.18. The Morgan fingerprint density at radius 2 is 1.74 bits per heavy atom. The van der Waals surface area contributed by atoms with Gasteiger partial charge < -0.3 is 20.1 Å². The normalized spacial score (nSPS) is 11.4. The van der Waals surface area contributed by atoms with Gasteiger partial charge in [0.15, 0.2) is 5.96 Å². The van der Waals surface area contributed by atoms with E-state index in [0.717, 1.165) is 37.0 Å². The van der Waals surface area contributed by atoms with Crippen LogP contribution in [0.5, 0.6) is 11.5 Å². The molecule has 0 bridgehead atoms.